The Balaban J connectivity index is 1.74. The summed E-state index contributed by atoms with van der Waals surface area (Å²) in [6.45, 7) is 4.01. The maximum atomic E-state index is 12.8. The molecular weight excluding hydrogens is 330 g/mol. The summed E-state index contributed by atoms with van der Waals surface area (Å²) >= 11 is 1.83. The van der Waals surface area contributed by atoms with Crippen LogP contribution in [0.4, 0.5) is 5.82 Å². The number of carbonyl (C=O) groups excluding carboxylic acids is 1. The van der Waals surface area contributed by atoms with E-state index in [1.165, 1.54) is 0 Å². The van der Waals surface area contributed by atoms with Crippen molar-refractivity contribution in [2.45, 2.75) is 25.4 Å². The van der Waals surface area contributed by atoms with Gasteiger partial charge in [0.25, 0.3) is 5.91 Å². The standard InChI is InChI=1S/C20H19N3OS/c1-13-8-14(2)10-15(9-13)20(24)21-19-17-11-25-12-18(17)22-23(19)16-6-4-3-5-7-16/h3-10H,11-12H2,1-2H3,(H,21,24). The lowest BCUT2D eigenvalue weighted by Gasteiger charge is -2.12. The molecule has 1 amide bonds. The first-order chi connectivity index (χ1) is 12.1. The number of aromatic nitrogens is 2. The van der Waals surface area contributed by atoms with Crippen LogP contribution in [0.5, 0.6) is 0 Å². The first-order valence-electron chi connectivity index (χ1n) is 8.25. The molecule has 3 aromatic rings. The number of rotatable bonds is 3. The number of carbonyl (C=O) groups is 1. The van der Waals surface area contributed by atoms with E-state index in [-0.39, 0.29) is 5.91 Å². The summed E-state index contributed by atoms with van der Waals surface area (Å²) in [5.41, 5.74) is 6.00. The molecule has 0 saturated carbocycles. The van der Waals surface area contributed by atoms with E-state index >= 15 is 0 Å². The Morgan fingerprint density at radius 1 is 1.08 bits per heavy atom. The van der Waals surface area contributed by atoms with Crippen molar-refractivity contribution in [3.63, 3.8) is 0 Å². The number of fused-ring (bicyclic) bond motifs is 1. The van der Waals surface area contributed by atoms with Gasteiger partial charge in [-0.15, -0.1) is 0 Å². The van der Waals surface area contributed by atoms with Gasteiger partial charge < -0.3 is 5.32 Å². The predicted molar refractivity (Wildman–Crippen MR) is 102 cm³/mol. The molecule has 4 nitrogen and oxygen atoms in total. The predicted octanol–water partition coefficient (Wildman–Crippen LogP) is 4.49. The average molecular weight is 349 g/mol. The van der Waals surface area contributed by atoms with Gasteiger partial charge in [0.2, 0.25) is 0 Å². The second-order valence-electron chi connectivity index (χ2n) is 6.34. The average Bonchev–Trinajstić information content (AvgIpc) is 3.17. The maximum absolute atomic E-state index is 12.8. The van der Waals surface area contributed by atoms with Gasteiger partial charge in [0.1, 0.15) is 5.82 Å². The third-order valence-electron chi connectivity index (χ3n) is 4.27. The van der Waals surface area contributed by atoms with Crippen LogP contribution in [0.25, 0.3) is 5.69 Å². The minimum Gasteiger partial charge on any atom is -0.306 e. The molecule has 25 heavy (non-hydrogen) atoms. The summed E-state index contributed by atoms with van der Waals surface area (Å²) in [6, 6.07) is 15.8. The van der Waals surface area contributed by atoms with Gasteiger partial charge in [0.15, 0.2) is 0 Å². The highest BCUT2D eigenvalue weighted by Crippen LogP contribution is 2.36. The van der Waals surface area contributed by atoms with Gasteiger partial charge in [-0.05, 0) is 38.1 Å². The first kappa shape index (κ1) is 16.0. The zero-order chi connectivity index (χ0) is 17.4. The van der Waals surface area contributed by atoms with E-state index in [1.807, 2.05) is 72.8 Å². The highest BCUT2D eigenvalue weighted by molar-refractivity contribution is 7.98. The topological polar surface area (TPSA) is 46.9 Å². The number of nitrogens with one attached hydrogen (secondary N) is 1. The third-order valence-corrected chi connectivity index (χ3v) is 5.24. The zero-order valence-corrected chi connectivity index (χ0v) is 15.1. The summed E-state index contributed by atoms with van der Waals surface area (Å²) in [5.74, 6) is 2.46. The van der Waals surface area contributed by atoms with Gasteiger partial charge >= 0.3 is 0 Å². The molecule has 1 aliphatic heterocycles. The van der Waals surface area contributed by atoms with E-state index in [4.69, 9.17) is 5.10 Å². The van der Waals surface area contributed by atoms with Crippen LogP contribution < -0.4 is 5.32 Å². The molecule has 0 unspecified atom stereocenters. The Morgan fingerprint density at radius 3 is 2.52 bits per heavy atom. The molecule has 0 saturated heterocycles. The van der Waals surface area contributed by atoms with Crippen LogP contribution in [-0.4, -0.2) is 15.7 Å². The quantitative estimate of drug-likeness (QED) is 0.758. The lowest BCUT2D eigenvalue weighted by Crippen LogP contribution is -2.16. The van der Waals surface area contributed by atoms with Crippen molar-refractivity contribution in [3.8, 4) is 5.69 Å². The Bertz CT molecular complexity index is 927. The third kappa shape index (κ3) is 3.07. The minimum atomic E-state index is -0.0939. The zero-order valence-electron chi connectivity index (χ0n) is 14.2. The number of para-hydroxylation sites is 1. The number of aryl methyl sites for hydroxylation is 2. The Labute approximate surface area is 151 Å². The van der Waals surface area contributed by atoms with Crippen molar-refractivity contribution < 1.29 is 4.79 Å². The van der Waals surface area contributed by atoms with Gasteiger partial charge in [-0.2, -0.15) is 16.9 Å². The molecule has 0 aliphatic carbocycles. The van der Waals surface area contributed by atoms with E-state index < -0.39 is 0 Å². The fourth-order valence-electron chi connectivity index (χ4n) is 3.18. The Morgan fingerprint density at radius 2 is 1.80 bits per heavy atom. The van der Waals surface area contributed by atoms with Crippen LogP contribution in [0.3, 0.4) is 0 Å². The van der Waals surface area contributed by atoms with Crippen LogP contribution in [0.1, 0.15) is 32.7 Å². The number of anilines is 1. The highest BCUT2D eigenvalue weighted by Gasteiger charge is 2.25. The lowest BCUT2D eigenvalue weighted by molar-refractivity contribution is 0.102. The van der Waals surface area contributed by atoms with Gasteiger partial charge in [0.05, 0.1) is 11.4 Å². The van der Waals surface area contributed by atoms with E-state index in [1.54, 1.807) is 0 Å². The Hall–Kier alpha value is -2.53. The summed E-state index contributed by atoms with van der Waals surface area (Å²) in [6.07, 6.45) is 0. The number of hydrogen-bond acceptors (Lipinski definition) is 3. The van der Waals surface area contributed by atoms with Gasteiger partial charge in [-0.1, -0.05) is 35.4 Å². The second kappa shape index (κ2) is 6.41. The fraction of sp³-hybridized carbons (Fsp3) is 0.200. The second-order valence-corrected chi connectivity index (χ2v) is 7.33. The van der Waals surface area contributed by atoms with Crippen molar-refractivity contribution >= 4 is 23.5 Å². The number of nitrogens with zero attached hydrogens (tertiary/aromatic N) is 2. The molecule has 1 aromatic heterocycles. The smallest absolute Gasteiger partial charge is 0.256 e. The first-order valence-corrected chi connectivity index (χ1v) is 9.41. The molecule has 0 bridgehead atoms. The van der Waals surface area contributed by atoms with Gasteiger partial charge in [0, 0.05) is 22.6 Å². The molecule has 4 rings (SSSR count). The number of hydrogen-bond donors (Lipinski definition) is 1. The molecule has 1 N–H and O–H groups in total. The summed E-state index contributed by atoms with van der Waals surface area (Å²) in [5, 5.41) is 7.83. The summed E-state index contributed by atoms with van der Waals surface area (Å²) < 4.78 is 1.85. The molecule has 2 aromatic carbocycles. The van der Waals surface area contributed by atoms with Crippen molar-refractivity contribution in [3.05, 3.63) is 76.5 Å². The number of amides is 1. The van der Waals surface area contributed by atoms with Crippen molar-refractivity contribution in [1.82, 2.24) is 9.78 Å². The summed E-state index contributed by atoms with van der Waals surface area (Å²) in [7, 11) is 0. The molecule has 2 heterocycles. The van der Waals surface area contributed by atoms with E-state index in [2.05, 4.69) is 11.4 Å². The molecular formula is C20H19N3OS. The van der Waals surface area contributed by atoms with Crippen molar-refractivity contribution in [2.24, 2.45) is 0 Å². The molecule has 0 spiro atoms. The molecule has 0 fully saturated rings. The van der Waals surface area contributed by atoms with Crippen molar-refractivity contribution in [2.75, 3.05) is 5.32 Å². The largest absolute Gasteiger partial charge is 0.306 e. The monoisotopic (exact) mass is 349 g/mol. The number of benzene rings is 2. The van der Waals surface area contributed by atoms with E-state index in [9.17, 15) is 4.79 Å². The fourth-order valence-corrected chi connectivity index (χ4v) is 4.22. The van der Waals surface area contributed by atoms with Gasteiger partial charge in [-0.3, -0.25) is 4.79 Å². The number of thioether (sulfide) groups is 1. The molecule has 0 atom stereocenters. The normalized spacial score (nSPS) is 12.9. The molecule has 5 heteroatoms. The molecule has 0 radical (unpaired) electrons. The van der Waals surface area contributed by atoms with Gasteiger partial charge in [-0.25, -0.2) is 4.68 Å². The van der Waals surface area contributed by atoms with E-state index in [0.717, 1.165) is 45.4 Å². The highest BCUT2D eigenvalue weighted by atomic mass is 32.2. The van der Waals surface area contributed by atoms with Crippen LogP contribution >= 0.6 is 11.8 Å². The molecule has 126 valence electrons. The SMILES string of the molecule is Cc1cc(C)cc(C(=O)Nc2c3c(nn2-c2ccccc2)CSC3)c1. The van der Waals surface area contributed by atoms with Crippen LogP contribution in [0, 0.1) is 13.8 Å². The van der Waals surface area contributed by atoms with Crippen LogP contribution in [0.15, 0.2) is 48.5 Å². The lowest BCUT2D eigenvalue weighted by atomic mass is 10.1. The van der Waals surface area contributed by atoms with Crippen LogP contribution in [0.2, 0.25) is 0 Å². The van der Waals surface area contributed by atoms with Crippen molar-refractivity contribution in [1.29, 1.82) is 0 Å². The maximum Gasteiger partial charge on any atom is 0.256 e. The summed E-state index contributed by atoms with van der Waals surface area (Å²) in [4.78, 5) is 12.8. The van der Waals surface area contributed by atoms with Crippen LogP contribution in [-0.2, 0) is 11.5 Å². The molecule has 1 aliphatic rings. The van der Waals surface area contributed by atoms with E-state index in [0.29, 0.717) is 5.56 Å². The Kier molecular flexibility index (Phi) is 4.09. The minimum absolute atomic E-state index is 0.0939.